The monoisotopic (exact) mass is 326 g/mol. The molecule has 0 aliphatic rings. The van der Waals surface area contributed by atoms with E-state index in [1.165, 1.54) is 0 Å². The van der Waals surface area contributed by atoms with E-state index in [0.29, 0.717) is 15.6 Å². The van der Waals surface area contributed by atoms with E-state index in [0.717, 1.165) is 0 Å². The maximum absolute atomic E-state index is 11.4. The van der Waals surface area contributed by atoms with Crippen LogP contribution in [-0.2, 0) is 4.79 Å². The van der Waals surface area contributed by atoms with Crippen molar-refractivity contribution in [1.29, 1.82) is 0 Å². The van der Waals surface area contributed by atoms with Gasteiger partial charge in [0.05, 0.1) is 6.10 Å². The summed E-state index contributed by atoms with van der Waals surface area (Å²) in [5.41, 5.74) is 5.91. The molecule has 1 aromatic carbocycles. The Labute approximate surface area is 128 Å². The van der Waals surface area contributed by atoms with Gasteiger partial charge in [-0.1, -0.05) is 29.3 Å². The summed E-state index contributed by atoms with van der Waals surface area (Å²) >= 11 is 11.9. The molecule has 4 nitrogen and oxygen atoms in total. The van der Waals surface area contributed by atoms with Crippen LogP contribution in [0.4, 0.5) is 0 Å². The fraction of sp³-hybridized carbons (Fsp3) is 0.417. The first-order chi connectivity index (χ1) is 8.41. The standard InChI is InChI=1S/C12H16Cl2N2O2.ClH/c1-7(15)5-11(18)16-6-10(17)12-8(13)3-2-4-9(12)14;/h2-4,7,10,17H,5-6,15H2,1H3,(H,16,18);1H. The number of nitrogens with one attached hydrogen (secondary N) is 1. The number of rotatable bonds is 5. The normalized spacial score (nSPS) is 13.3. The van der Waals surface area contributed by atoms with Gasteiger partial charge in [-0.25, -0.2) is 0 Å². The molecule has 0 saturated heterocycles. The van der Waals surface area contributed by atoms with E-state index < -0.39 is 6.10 Å². The molecule has 0 saturated carbocycles. The third-order valence-electron chi connectivity index (χ3n) is 2.33. The molecule has 0 aliphatic heterocycles. The molecule has 0 aromatic heterocycles. The number of hydrogen-bond acceptors (Lipinski definition) is 3. The maximum Gasteiger partial charge on any atom is 0.221 e. The highest BCUT2D eigenvalue weighted by molar-refractivity contribution is 6.36. The maximum atomic E-state index is 11.4. The Hall–Kier alpha value is -0.520. The summed E-state index contributed by atoms with van der Waals surface area (Å²) in [5.74, 6) is -0.216. The van der Waals surface area contributed by atoms with Crippen molar-refractivity contribution in [2.45, 2.75) is 25.5 Å². The number of aliphatic hydroxyl groups is 1. The second kappa shape index (κ2) is 8.61. The van der Waals surface area contributed by atoms with E-state index in [-0.39, 0.29) is 37.3 Å². The Bertz CT molecular complexity index is 407. The first kappa shape index (κ1) is 18.5. The van der Waals surface area contributed by atoms with Crippen LogP contribution in [0.1, 0.15) is 25.0 Å². The molecule has 1 amide bonds. The summed E-state index contributed by atoms with van der Waals surface area (Å²) in [6.45, 7) is 1.79. The quantitative estimate of drug-likeness (QED) is 0.777. The molecule has 0 aliphatic carbocycles. The summed E-state index contributed by atoms with van der Waals surface area (Å²) < 4.78 is 0. The minimum Gasteiger partial charge on any atom is -0.386 e. The van der Waals surface area contributed by atoms with E-state index >= 15 is 0 Å². The number of halogens is 3. The van der Waals surface area contributed by atoms with Crippen LogP contribution in [0.15, 0.2) is 18.2 Å². The Kier molecular flexibility index (Phi) is 8.38. The third kappa shape index (κ3) is 5.97. The van der Waals surface area contributed by atoms with Gasteiger partial charge in [0.15, 0.2) is 0 Å². The van der Waals surface area contributed by atoms with Gasteiger partial charge in [-0.15, -0.1) is 12.4 Å². The lowest BCUT2D eigenvalue weighted by Crippen LogP contribution is -2.32. The minimum absolute atomic E-state index is 0. The van der Waals surface area contributed by atoms with E-state index in [2.05, 4.69) is 5.32 Å². The van der Waals surface area contributed by atoms with Crippen molar-refractivity contribution in [1.82, 2.24) is 5.32 Å². The number of hydrogen-bond donors (Lipinski definition) is 3. The number of aliphatic hydroxyl groups excluding tert-OH is 1. The lowest BCUT2D eigenvalue weighted by molar-refractivity contribution is -0.121. The number of carbonyl (C=O) groups is 1. The summed E-state index contributed by atoms with van der Waals surface area (Å²) in [7, 11) is 0. The molecule has 2 atom stereocenters. The Balaban J connectivity index is 0.00000324. The lowest BCUT2D eigenvalue weighted by atomic mass is 10.1. The molecule has 0 bridgehead atoms. The molecule has 7 heteroatoms. The van der Waals surface area contributed by atoms with Crippen molar-refractivity contribution in [2.24, 2.45) is 5.73 Å². The molecule has 0 fully saturated rings. The second-order valence-corrected chi connectivity index (χ2v) is 4.95. The fourth-order valence-corrected chi connectivity index (χ4v) is 2.16. The van der Waals surface area contributed by atoms with Gasteiger partial charge >= 0.3 is 0 Å². The molecule has 1 rings (SSSR count). The first-order valence-corrected chi connectivity index (χ1v) is 6.31. The molecule has 2 unspecified atom stereocenters. The fourth-order valence-electron chi connectivity index (χ4n) is 1.51. The van der Waals surface area contributed by atoms with Crippen LogP contribution in [-0.4, -0.2) is 23.6 Å². The first-order valence-electron chi connectivity index (χ1n) is 5.56. The van der Waals surface area contributed by atoms with Gasteiger partial charge in [0.2, 0.25) is 5.91 Å². The van der Waals surface area contributed by atoms with E-state index in [1.807, 2.05) is 0 Å². The van der Waals surface area contributed by atoms with Gasteiger partial charge in [-0.05, 0) is 19.1 Å². The highest BCUT2D eigenvalue weighted by atomic mass is 35.5. The van der Waals surface area contributed by atoms with Crippen LogP contribution in [0.2, 0.25) is 10.0 Å². The van der Waals surface area contributed by atoms with Crippen LogP contribution in [0.5, 0.6) is 0 Å². The van der Waals surface area contributed by atoms with Crippen molar-refractivity contribution in [2.75, 3.05) is 6.54 Å². The molecule has 4 N–H and O–H groups in total. The smallest absolute Gasteiger partial charge is 0.221 e. The Morgan fingerprint density at radius 3 is 2.42 bits per heavy atom. The van der Waals surface area contributed by atoms with Crippen LogP contribution in [0.25, 0.3) is 0 Å². The molecule has 1 aromatic rings. The highest BCUT2D eigenvalue weighted by Gasteiger charge is 2.16. The summed E-state index contributed by atoms with van der Waals surface area (Å²) in [6, 6.07) is 4.74. The summed E-state index contributed by atoms with van der Waals surface area (Å²) in [6.07, 6.45) is -0.730. The molecule has 19 heavy (non-hydrogen) atoms. The van der Waals surface area contributed by atoms with Crippen LogP contribution in [0, 0.1) is 0 Å². The van der Waals surface area contributed by atoms with Gasteiger partial charge in [-0.3, -0.25) is 4.79 Å². The summed E-state index contributed by atoms with van der Waals surface area (Å²) in [4.78, 5) is 11.4. The van der Waals surface area contributed by atoms with Crippen LogP contribution in [0.3, 0.4) is 0 Å². The van der Waals surface area contributed by atoms with Crippen molar-refractivity contribution in [3.05, 3.63) is 33.8 Å². The van der Waals surface area contributed by atoms with E-state index in [4.69, 9.17) is 28.9 Å². The predicted molar refractivity (Wildman–Crippen MR) is 79.9 cm³/mol. The largest absolute Gasteiger partial charge is 0.386 e. The number of carbonyl (C=O) groups excluding carboxylic acids is 1. The Morgan fingerprint density at radius 1 is 1.42 bits per heavy atom. The SMILES string of the molecule is CC(N)CC(=O)NCC(O)c1c(Cl)cccc1Cl.Cl. The van der Waals surface area contributed by atoms with Crippen molar-refractivity contribution in [3.63, 3.8) is 0 Å². The minimum atomic E-state index is -0.941. The molecule has 0 heterocycles. The van der Waals surface area contributed by atoms with Gasteiger partial charge < -0.3 is 16.2 Å². The highest BCUT2D eigenvalue weighted by Crippen LogP contribution is 2.29. The zero-order valence-electron chi connectivity index (χ0n) is 10.4. The molecule has 0 spiro atoms. The number of amides is 1. The van der Waals surface area contributed by atoms with Crippen LogP contribution < -0.4 is 11.1 Å². The van der Waals surface area contributed by atoms with Gasteiger partial charge in [0, 0.05) is 34.6 Å². The third-order valence-corrected chi connectivity index (χ3v) is 2.99. The lowest BCUT2D eigenvalue weighted by Gasteiger charge is -2.15. The summed E-state index contributed by atoms with van der Waals surface area (Å²) in [5, 5.41) is 13.3. The van der Waals surface area contributed by atoms with Crippen LogP contribution >= 0.6 is 35.6 Å². The van der Waals surface area contributed by atoms with Gasteiger partial charge in [0.1, 0.15) is 0 Å². The van der Waals surface area contributed by atoms with Crippen molar-refractivity contribution < 1.29 is 9.90 Å². The Morgan fingerprint density at radius 2 is 1.95 bits per heavy atom. The second-order valence-electron chi connectivity index (χ2n) is 4.14. The zero-order chi connectivity index (χ0) is 13.7. The average Bonchev–Trinajstić information content (AvgIpc) is 2.25. The van der Waals surface area contributed by atoms with Crippen molar-refractivity contribution in [3.8, 4) is 0 Å². The van der Waals surface area contributed by atoms with Gasteiger partial charge in [0.25, 0.3) is 0 Å². The average molecular weight is 328 g/mol. The number of nitrogens with two attached hydrogens (primary N) is 1. The zero-order valence-corrected chi connectivity index (χ0v) is 12.7. The molecule has 108 valence electrons. The molecular formula is C12H17Cl3N2O2. The van der Waals surface area contributed by atoms with Crippen molar-refractivity contribution >= 4 is 41.5 Å². The topological polar surface area (TPSA) is 75.4 Å². The number of benzene rings is 1. The molecule has 0 radical (unpaired) electrons. The van der Waals surface area contributed by atoms with E-state index in [9.17, 15) is 9.90 Å². The van der Waals surface area contributed by atoms with Gasteiger partial charge in [-0.2, -0.15) is 0 Å². The predicted octanol–water partition coefficient (Wildman–Crippen LogP) is 2.30. The van der Waals surface area contributed by atoms with E-state index in [1.54, 1.807) is 25.1 Å². The molecular weight excluding hydrogens is 311 g/mol.